The van der Waals surface area contributed by atoms with Gasteiger partial charge in [0.1, 0.15) is 5.82 Å². The van der Waals surface area contributed by atoms with E-state index >= 15 is 0 Å². The van der Waals surface area contributed by atoms with Crippen molar-refractivity contribution in [3.63, 3.8) is 0 Å². The molecule has 0 bridgehead atoms. The van der Waals surface area contributed by atoms with Crippen LogP contribution in [0.1, 0.15) is 22.5 Å². The molecule has 0 spiro atoms. The van der Waals surface area contributed by atoms with Crippen LogP contribution in [0.15, 0.2) is 30.5 Å². The minimum atomic E-state index is 0.618. The smallest absolute Gasteiger partial charge is 0.127 e. The number of nitrogens with one attached hydrogen (secondary N) is 1. The Hall–Kier alpha value is -2.41. The van der Waals surface area contributed by atoms with E-state index in [1.54, 1.807) is 12.1 Å². The third-order valence-corrected chi connectivity index (χ3v) is 2.53. The molecule has 0 aromatic carbocycles. The molecule has 0 unspecified atom stereocenters. The number of anilines is 1. The second-order valence-electron chi connectivity index (χ2n) is 4.16. The molecule has 0 amide bonds. The average Bonchev–Trinajstić information content (AvgIpc) is 2.37. The van der Waals surface area contributed by atoms with E-state index < -0.39 is 0 Å². The topological polar surface area (TPSA) is 61.6 Å². The molecule has 0 aliphatic carbocycles. The quantitative estimate of drug-likeness (QED) is 0.892. The fourth-order valence-electron chi connectivity index (χ4n) is 1.62. The summed E-state index contributed by atoms with van der Waals surface area (Å²) in [6, 6.07) is 9.63. The van der Waals surface area contributed by atoms with Crippen LogP contribution in [0.3, 0.4) is 0 Å². The molecule has 0 saturated carbocycles. The molecule has 90 valence electrons. The van der Waals surface area contributed by atoms with Crippen molar-refractivity contribution in [1.82, 2.24) is 9.97 Å². The zero-order valence-corrected chi connectivity index (χ0v) is 10.4. The first-order valence-electron chi connectivity index (χ1n) is 5.71. The van der Waals surface area contributed by atoms with E-state index in [1.165, 1.54) is 0 Å². The maximum absolute atomic E-state index is 8.89. The zero-order chi connectivity index (χ0) is 13.0. The van der Waals surface area contributed by atoms with Crippen LogP contribution in [0.2, 0.25) is 0 Å². The first kappa shape index (κ1) is 12.1. The van der Waals surface area contributed by atoms with Crippen molar-refractivity contribution in [3.05, 3.63) is 53.0 Å². The van der Waals surface area contributed by atoms with E-state index in [1.807, 2.05) is 32.2 Å². The monoisotopic (exact) mass is 238 g/mol. The van der Waals surface area contributed by atoms with Crippen LogP contribution < -0.4 is 5.32 Å². The lowest BCUT2D eigenvalue weighted by atomic mass is 10.2. The van der Waals surface area contributed by atoms with Crippen LogP contribution in [-0.4, -0.2) is 9.97 Å². The van der Waals surface area contributed by atoms with Gasteiger partial charge in [-0.1, -0.05) is 6.07 Å². The summed E-state index contributed by atoms with van der Waals surface area (Å²) < 4.78 is 0. The third-order valence-electron chi connectivity index (χ3n) is 2.53. The highest BCUT2D eigenvalue weighted by atomic mass is 15.0. The van der Waals surface area contributed by atoms with Gasteiger partial charge in [0.25, 0.3) is 0 Å². The molecule has 18 heavy (non-hydrogen) atoms. The highest BCUT2D eigenvalue weighted by molar-refractivity contribution is 5.44. The van der Waals surface area contributed by atoms with Crippen molar-refractivity contribution in [2.24, 2.45) is 0 Å². The standard InChI is InChI=1S/C14H14N4/c1-10-3-4-12(8-16-10)9-17-14-6-13(7-15)5-11(2)18-14/h3-6,8H,9H2,1-2H3,(H,17,18). The molecule has 2 rings (SSSR count). The molecular formula is C14H14N4. The minimum Gasteiger partial charge on any atom is -0.366 e. The summed E-state index contributed by atoms with van der Waals surface area (Å²) in [6.07, 6.45) is 1.84. The van der Waals surface area contributed by atoms with Crippen LogP contribution in [0, 0.1) is 25.2 Å². The van der Waals surface area contributed by atoms with Crippen LogP contribution in [-0.2, 0) is 6.54 Å². The first-order valence-corrected chi connectivity index (χ1v) is 5.71. The van der Waals surface area contributed by atoms with Crippen molar-refractivity contribution in [3.8, 4) is 6.07 Å². The van der Waals surface area contributed by atoms with Gasteiger partial charge in [-0.2, -0.15) is 5.26 Å². The third kappa shape index (κ3) is 3.05. The van der Waals surface area contributed by atoms with Gasteiger partial charge in [-0.15, -0.1) is 0 Å². The van der Waals surface area contributed by atoms with Crippen molar-refractivity contribution in [2.75, 3.05) is 5.32 Å². The van der Waals surface area contributed by atoms with Crippen LogP contribution in [0.4, 0.5) is 5.82 Å². The van der Waals surface area contributed by atoms with Gasteiger partial charge in [0, 0.05) is 24.1 Å². The van der Waals surface area contributed by atoms with Crippen molar-refractivity contribution in [2.45, 2.75) is 20.4 Å². The summed E-state index contributed by atoms with van der Waals surface area (Å²) in [4.78, 5) is 8.56. The highest BCUT2D eigenvalue weighted by Crippen LogP contribution is 2.10. The summed E-state index contributed by atoms with van der Waals surface area (Å²) >= 11 is 0. The maximum atomic E-state index is 8.89. The molecule has 1 N–H and O–H groups in total. The van der Waals surface area contributed by atoms with Gasteiger partial charge in [-0.05, 0) is 37.6 Å². The molecule has 0 saturated heterocycles. The lowest BCUT2D eigenvalue weighted by Crippen LogP contribution is -2.03. The number of hydrogen-bond acceptors (Lipinski definition) is 4. The van der Waals surface area contributed by atoms with E-state index in [-0.39, 0.29) is 0 Å². The normalized spacial score (nSPS) is 9.83. The van der Waals surface area contributed by atoms with E-state index in [0.29, 0.717) is 17.9 Å². The summed E-state index contributed by atoms with van der Waals surface area (Å²) in [7, 11) is 0. The fraction of sp³-hybridized carbons (Fsp3) is 0.214. The highest BCUT2D eigenvalue weighted by Gasteiger charge is 2.00. The van der Waals surface area contributed by atoms with Crippen molar-refractivity contribution >= 4 is 5.82 Å². The number of pyridine rings is 2. The molecule has 4 nitrogen and oxygen atoms in total. The number of nitrogens with zero attached hydrogens (tertiary/aromatic N) is 3. The molecule has 2 heterocycles. The van der Waals surface area contributed by atoms with Gasteiger partial charge >= 0.3 is 0 Å². The van der Waals surface area contributed by atoms with Gasteiger partial charge in [-0.25, -0.2) is 4.98 Å². The second-order valence-corrected chi connectivity index (χ2v) is 4.16. The predicted octanol–water partition coefficient (Wildman–Crippen LogP) is 2.58. The lowest BCUT2D eigenvalue weighted by Gasteiger charge is -2.07. The van der Waals surface area contributed by atoms with Crippen molar-refractivity contribution < 1.29 is 0 Å². The SMILES string of the molecule is Cc1ccc(CNc2cc(C#N)cc(C)n2)cn1. The lowest BCUT2D eigenvalue weighted by molar-refractivity contribution is 1.06. The van der Waals surface area contributed by atoms with Crippen LogP contribution in [0.25, 0.3) is 0 Å². The number of aryl methyl sites for hydroxylation is 2. The van der Waals surface area contributed by atoms with Gasteiger partial charge in [0.05, 0.1) is 11.6 Å². The Balaban J connectivity index is 2.08. The second kappa shape index (κ2) is 5.28. The molecule has 2 aromatic rings. The molecule has 2 aromatic heterocycles. The number of rotatable bonds is 3. The van der Waals surface area contributed by atoms with E-state index in [9.17, 15) is 0 Å². The Morgan fingerprint density at radius 3 is 2.72 bits per heavy atom. The molecule has 4 heteroatoms. The molecule has 0 fully saturated rings. The summed E-state index contributed by atoms with van der Waals surface area (Å²) in [6.45, 7) is 4.48. The number of hydrogen-bond donors (Lipinski definition) is 1. The van der Waals surface area contributed by atoms with Gasteiger partial charge in [-0.3, -0.25) is 4.98 Å². The molecule has 0 radical (unpaired) electrons. The first-order chi connectivity index (χ1) is 8.67. The fourth-order valence-corrected chi connectivity index (χ4v) is 1.62. The van der Waals surface area contributed by atoms with Crippen LogP contribution >= 0.6 is 0 Å². The van der Waals surface area contributed by atoms with E-state index in [2.05, 4.69) is 21.4 Å². The van der Waals surface area contributed by atoms with Gasteiger partial charge in [0.15, 0.2) is 0 Å². The Kier molecular flexibility index (Phi) is 3.54. The summed E-state index contributed by atoms with van der Waals surface area (Å²) in [5.41, 5.74) is 3.53. The number of nitriles is 1. The van der Waals surface area contributed by atoms with Gasteiger partial charge in [0.2, 0.25) is 0 Å². The Labute approximate surface area is 106 Å². The Morgan fingerprint density at radius 2 is 2.06 bits per heavy atom. The predicted molar refractivity (Wildman–Crippen MR) is 70.0 cm³/mol. The average molecular weight is 238 g/mol. The molecule has 0 atom stereocenters. The molecular weight excluding hydrogens is 224 g/mol. The Bertz CT molecular complexity index is 582. The maximum Gasteiger partial charge on any atom is 0.127 e. The summed E-state index contributed by atoms with van der Waals surface area (Å²) in [5, 5.41) is 12.1. The van der Waals surface area contributed by atoms with Gasteiger partial charge < -0.3 is 5.32 Å². The minimum absolute atomic E-state index is 0.618. The van der Waals surface area contributed by atoms with Crippen LogP contribution in [0.5, 0.6) is 0 Å². The Morgan fingerprint density at radius 1 is 1.22 bits per heavy atom. The van der Waals surface area contributed by atoms with E-state index in [0.717, 1.165) is 17.0 Å². The van der Waals surface area contributed by atoms with Crippen molar-refractivity contribution in [1.29, 1.82) is 5.26 Å². The van der Waals surface area contributed by atoms with E-state index in [4.69, 9.17) is 5.26 Å². The molecule has 0 aliphatic heterocycles. The molecule has 0 aliphatic rings. The largest absolute Gasteiger partial charge is 0.366 e. The summed E-state index contributed by atoms with van der Waals surface area (Å²) in [5.74, 6) is 0.715. The zero-order valence-electron chi connectivity index (χ0n) is 10.4. The number of aromatic nitrogens is 2.